The largest absolute Gasteiger partial charge is 0.497 e. The number of methoxy groups -OCH3 is 1. The van der Waals surface area contributed by atoms with Crippen LogP contribution in [0.5, 0.6) is 11.5 Å². The molecular weight excluding hydrogens is 925 g/mol. The van der Waals surface area contributed by atoms with Gasteiger partial charge >= 0.3 is 0 Å². The average molecular weight is 987 g/mol. The highest BCUT2D eigenvalue weighted by Gasteiger charge is 2.56. The third kappa shape index (κ3) is 13.5. The van der Waals surface area contributed by atoms with Gasteiger partial charge in [0.1, 0.15) is 60.3 Å². The molecule has 7 aromatic carbocycles. The van der Waals surface area contributed by atoms with Crippen molar-refractivity contribution >= 4 is 0 Å². The van der Waals surface area contributed by atoms with E-state index in [1.165, 1.54) is 0 Å². The maximum Gasteiger partial charge on any atom is 0.229 e. The monoisotopic (exact) mass is 986 g/mol. The predicted molar refractivity (Wildman–Crippen MR) is 272 cm³/mol. The molecule has 0 amide bonds. The summed E-state index contributed by atoms with van der Waals surface area (Å²) in [6.07, 6.45) is -9.11. The van der Waals surface area contributed by atoms with Crippen LogP contribution in [0.1, 0.15) is 39.7 Å². The fourth-order valence-corrected chi connectivity index (χ4v) is 9.32. The number of ether oxygens (including phenoxy) is 12. The fraction of sp³-hybridized carbons (Fsp3) is 0.311. The third-order valence-electron chi connectivity index (χ3n) is 13.1. The molecule has 0 unspecified atom stereocenters. The minimum atomic E-state index is -1.11. The van der Waals surface area contributed by atoms with Crippen LogP contribution in [0, 0.1) is 0 Å². The van der Waals surface area contributed by atoms with Crippen molar-refractivity contribution in [3.05, 3.63) is 240 Å². The van der Waals surface area contributed by atoms with Gasteiger partial charge in [0.15, 0.2) is 12.6 Å². The number of benzene rings is 7. The van der Waals surface area contributed by atoms with Gasteiger partial charge in [-0.25, -0.2) is 0 Å². The lowest BCUT2D eigenvalue weighted by molar-refractivity contribution is -0.395. The Morgan fingerprint density at radius 3 is 1.36 bits per heavy atom. The summed E-state index contributed by atoms with van der Waals surface area (Å²) in [6.45, 7) is 1.63. The fourth-order valence-electron chi connectivity index (χ4n) is 9.32. The van der Waals surface area contributed by atoms with E-state index < -0.39 is 67.7 Å². The van der Waals surface area contributed by atoms with Crippen LogP contribution in [-0.2, 0) is 80.4 Å². The summed E-state index contributed by atoms with van der Waals surface area (Å²) in [4.78, 5) is 0. The molecule has 12 heteroatoms. The number of rotatable bonds is 22. The van der Waals surface area contributed by atoms with Crippen LogP contribution in [0.2, 0.25) is 0 Å². The zero-order valence-corrected chi connectivity index (χ0v) is 40.8. The lowest BCUT2D eigenvalue weighted by Crippen LogP contribution is -2.67. The second-order valence-electron chi connectivity index (χ2n) is 18.2. The van der Waals surface area contributed by atoms with Crippen LogP contribution in [0.3, 0.4) is 0 Å². The molecule has 0 N–H and O–H groups in total. The molecule has 3 aliphatic heterocycles. The molecule has 0 spiro atoms. The van der Waals surface area contributed by atoms with Gasteiger partial charge in [0.25, 0.3) is 0 Å². The van der Waals surface area contributed by atoms with Gasteiger partial charge in [-0.2, -0.15) is 0 Å². The molecule has 0 bridgehead atoms. The van der Waals surface area contributed by atoms with Crippen LogP contribution in [0.4, 0.5) is 0 Å². The van der Waals surface area contributed by atoms with Crippen molar-refractivity contribution in [3.8, 4) is 11.5 Å². The number of fused-ring (bicyclic) bond motifs is 1. The first-order valence-corrected chi connectivity index (χ1v) is 25.0. The van der Waals surface area contributed by atoms with E-state index in [0.717, 1.165) is 33.4 Å². The number of hydrogen-bond acceptors (Lipinski definition) is 12. The van der Waals surface area contributed by atoms with E-state index >= 15 is 0 Å². The van der Waals surface area contributed by atoms with Crippen LogP contribution < -0.4 is 9.47 Å². The van der Waals surface area contributed by atoms with Crippen molar-refractivity contribution in [2.45, 2.75) is 101 Å². The third-order valence-corrected chi connectivity index (χ3v) is 13.1. The summed E-state index contributed by atoms with van der Waals surface area (Å²) >= 11 is 0. The van der Waals surface area contributed by atoms with Crippen molar-refractivity contribution in [1.29, 1.82) is 0 Å². The highest BCUT2D eigenvalue weighted by atomic mass is 16.8. The Balaban J connectivity index is 1.05. The minimum Gasteiger partial charge on any atom is -0.497 e. The van der Waals surface area contributed by atoms with Crippen molar-refractivity contribution in [3.63, 3.8) is 0 Å². The van der Waals surface area contributed by atoms with Crippen LogP contribution in [0.15, 0.2) is 206 Å². The van der Waals surface area contributed by atoms with Gasteiger partial charge in [-0.15, -0.1) is 0 Å². The van der Waals surface area contributed by atoms with E-state index in [0.29, 0.717) is 18.1 Å². The summed E-state index contributed by atoms with van der Waals surface area (Å²) in [5.41, 5.74) is 5.75. The molecule has 12 nitrogen and oxygen atoms in total. The first kappa shape index (κ1) is 50.3. The van der Waals surface area contributed by atoms with Crippen LogP contribution >= 0.6 is 0 Å². The van der Waals surface area contributed by atoms with Crippen molar-refractivity contribution in [2.24, 2.45) is 0 Å². The summed E-state index contributed by atoms with van der Waals surface area (Å²) in [7, 11) is 1.63. The Morgan fingerprint density at radius 1 is 0.411 bits per heavy atom. The van der Waals surface area contributed by atoms with Crippen LogP contribution in [0.25, 0.3) is 0 Å². The van der Waals surface area contributed by atoms with Gasteiger partial charge in [-0.05, 0) is 52.1 Å². The van der Waals surface area contributed by atoms with Gasteiger partial charge in [-0.3, -0.25) is 0 Å². The molecule has 3 heterocycles. The van der Waals surface area contributed by atoms with E-state index in [9.17, 15) is 0 Å². The van der Waals surface area contributed by atoms with Crippen molar-refractivity contribution in [2.75, 3.05) is 20.3 Å². The summed E-state index contributed by atoms with van der Waals surface area (Å²) in [6, 6.07) is 67.3. The molecular formula is C61H62O12. The molecule has 0 radical (unpaired) electrons. The van der Waals surface area contributed by atoms with E-state index in [1.807, 2.05) is 206 Å². The minimum absolute atomic E-state index is 0.141. The molecule has 3 fully saturated rings. The maximum absolute atomic E-state index is 7.56. The lowest BCUT2D eigenvalue weighted by atomic mass is 9.95. The second kappa shape index (κ2) is 25.6. The highest BCUT2D eigenvalue weighted by Crippen LogP contribution is 2.40. The Morgan fingerprint density at radius 2 is 0.849 bits per heavy atom. The molecule has 73 heavy (non-hydrogen) atoms. The number of hydrogen-bond donors (Lipinski definition) is 0. The molecule has 10 rings (SSSR count). The van der Waals surface area contributed by atoms with Crippen molar-refractivity contribution < 1.29 is 56.8 Å². The smallest absolute Gasteiger partial charge is 0.229 e. The standard InChI is InChI=1S/C61H62O12/c1-62-49-32-34-50(35-33-49)69-60-58(67-40-47-28-16-6-17-29-47)56(54-52(71-60)42-68-59(72-54)48-30-18-7-19-31-48)73-61-57(66-39-46-26-14-5-15-27-46)55(65-38-45-24-12-4-13-25-45)53(64-37-44-22-10-3-11-23-44)51(70-61)41-63-36-43-20-8-2-9-21-43/h2-35,51-61H,36-42H2,1H3/t51-,52-,53-,54+,55+,56+,57+,58-,59+,60-,61+/m1/s1. The summed E-state index contributed by atoms with van der Waals surface area (Å²) < 4.78 is 82.0. The molecule has 0 aromatic heterocycles. The van der Waals surface area contributed by atoms with Gasteiger partial charge in [0, 0.05) is 5.56 Å². The van der Waals surface area contributed by atoms with Gasteiger partial charge in [0.2, 0.25) is 6.29 Å². The zero-order chi connectivity index (χ0) is 49.4. The van der Waals surface area contributed by atoms with Gasteiger partial charge in [-0.1, -0.05) is 182 Å². The molecule has 0 aliphatic carbocycles. The molecule has 0 saturated carbocycles. The average Bonchev–Trinajstić information content (AvgIpc) is 3.45. The summed E-state index contributed by atoms with van der Waals surface area (Å²) in [5, 5.41) is 0. The molecule has 7 aromatic rings. The van der Waals surface area contributed by atoms with Crippen molar-refractivity contribution in [1.82, 2.24) is 0 Å². The Kier molecular flexibility index (Phi) is 17.6. The Bertz CT molecular complexity index is 2650. The maximum atomic E-state index is 7.56. The second-order valence-corrected chi connectivity index (χ2v) is 18.2. The molecule has 3 saturated heterocycles. The van der Waals surface area contributed by atoms with E-state index in [2.05, 4.69) is 0 Å². The first-order chi connectivity index (χ1) is 36.1. The zero-order valence-electron chi connectivity index (χ0n) is 40.8. The molecule has 3 aliphatic rings. The molecule has 11 atom stereocenters. The Labute approximate surface area is 427 Å². The predicted octanol–water partition coefficient (Wildman–Crippen LogP) is 10.6. The van der Waals surface area contributed by atoms with Gasteiger partial charge < -0.3 is 56.8 Å². The van der Waals surface area contributed by atoms with E-state index in [4.69, 9.17) is 56.8 Å². The Hall–Kier alpha value is -6.26. The van der Waals surface area contributed by atoms with Gasteiger partial charge in [0.05, 0.1) is 53.4 Å². The molecule has 378 valence electrons. The SMILES string of the molecule is COc1ccc(O[C@@H]2O[C@@H]3CO[C@H](c4ccccc4)O[C@@H]3[C@H](O[C@@H]3O[C@H](COCc4ccccc4)[C@@H](OCc4ccccc4)[C@H](OCc4ccccc4)[C@@H]3OCc3ccccc3)[C@H]2OCc2ccccc2)cc1. The van der Waals surface area contributed by atoms with E-state index in [-0.39, 0.29) is 39.6 Å². The quantitative estimate of drug-likeness (QED) is 0.0645. The van der Waals surface area contributed by atoms with E-state index in [1.54, 1.807) is 7.11 Å². The topological polar surface area (TPSA) is 111 Å². The normalized spacial score (nSPS) is 25.8. The first-order valence-electron chi connectivity index (χ1n) is 25.0. The summed E-state index contributed by atoms with van der Waals surface area (Å²) in [5.74, 6) is 1.22. The highest BCUT2D eigenvalue weighted by molar-refractivity contribution is 5.31. The lowest BCUT2D eigenvalue weighted by Gasteiger charge is -2.51. The van der Waals surface area contributed by atoms with Crippen LogP contribution in [-0.4, -0.2) is 81.7 Å².